The molecule has 1 amide bonds. The van der Waals surface area contributed by atoms with Gasteiger partial charge in [-0.25, -0.2) is 8.42 Å². The first-order chi connectivity index (χ1) is 10.8. The monoisotopic (exact) mass is 336 g/mol. The van der Waals surface area contributed by atoms with Gasteiger partial charge in [-0.2, -0.15) is 0 Å². The lowest BCUT2D eigenvalue weighted by molar-refractivity contribution is -0.127. The van der Waals surface area contributed by atoms with E-state index < -0.39 is 10.0 Å². The van der Waals surface area contributed by atoms with Crippen LogP contribution in [0.2, 0.25) is 0 Å². The highest BCUT2D eigenvalue weighted by molar-refractivity contribution is 7.92. The minimum atomic E-state index is -3.30. The fourth-order valence-corrected chi connectivity index (χ4v) is 4.61. The Morgan fingerprint density at radius 3 is 2.65 bits per heavy atom. The molecule has 0 aliphatic heterocycles. The summed E-state index contributed by atoms with van der Waals surface area (Å²) in [6, 6.07) is 7.03. The van der Waals surface area contributed by atoms with Gasteiger partial charge < -0.3 is 5.32 Å². The van der Waals surface area contributed by atoms with E-state index in [2.05, 4.69) is 10.0 Å². The van der Waals surface area contributed by atoms with Crippen LogP contribution in [0.3, 0.4) is 0 Å². The Labute approximate surface area is 137 Å². The highest BCUT2D eigenvalue weighted by atomic mass is 32.2. The van der Waals surface area contributed by atoms with E-state index in [-0.39, 0.29) is 17.9 Å². The van der Waals surface area contributed by atoms with E-state index >= 15 is 0 Å². The first kappa shape index (κ1) is 16.3. The molecular weight excluding hydrogens is 312 g/mol. The highest BCUT2D eigenvalue weighted by Crippen LogP contribution is 2.48. The number of hydrogen-bond donors (Lipinski definition) is 2. The number of nitrogens with one attached hydrogen (secondary N) is 2. The van der Waals surface area contributed by atoms with Gasteiger partial charge >= 0.3 is 0 Å². The summed E-state index contributed by atoms with van der Waals surface area (Å²) in [6.45, 7) is 1.94. The third-order valence-corrected chi connectivity index (χ3v) is 5.73. The Morgan fingerprint density at radius 2 is 2.04 bits per heavy atom. The Bertz CT molecular complexity index is 702. The SMILES string of the molecule is C[C@@H](NC(=O)[C@@H]1C[C@H]2CC[C@H]1C2)c1cccc(NS(C)(=O)=O)c1. The summed E-state index contributed by atoms with van der Waals surface area (Å²) in [4.78, 5) is 12.5. The third-order valence-electron chi connectivity index (χ3n) is 5.12. The highest BCUT2D eigenvalue weighted by Gasteiger charge is 2.43. The smallest absolute Gasteiger partial charge is 0.229 e. The van der Waals surface area contributed by atoms with Crippen molar-refractivity contribution in [1.82, 2.24) is 5.32 Å². The van der Waals surface area contributed by atoms with Crippen molar-refractivity contribution in [2.45, 2.75) is 38.6 Å². The largest absolute Gasteiger partial charge is 0.349 e. The van der Waals surface area contributed by atoms with Crippen LogP contribution in [-0.4, -0.2) is 20.6 Å². The van der Waals surface area contributed by atoms with E-state index in [9.17, 15) is 13.2 Å². The van der Waals surface area contributed by atoms with Crippen molar-refractivity contribution >= 4 is 21.6 Å². The van der Waals surface area contributed by atoms with Crippen molar-refractivity contribution in [3.8, 4) is 0 Å². The number of fused-ring (bicyclic) bond motifs is 2. The van der Waals surface area contributed by atoms with Gasteiger partial charge in [-0.1, -0.05) is 18.6 Å². The lowest BCUT2D eigenvalue weighted by Crippen LogP contribution is -2.35. The van der Waals surface area contributed by atoms with Gasteiger partial charge in [0.2, 0.25) is 15.9 Å². The molecule has 2 bridgehead atoms. The number of benzene rings is 1. The van der Waals surface area contributed by atoms with Gasteiger partial charge in [0.15, 0.2) is 0 Å². The maximum Gasteiger partial charge on any atom is 0.229 e. The summed E-state index contributed by atoms with van der Waals surface area (Å²) in [5, 5.41) is 3.10. The maximum absolute atomic E-state index is 12.5. The van der Waals surface area contributed by atoms with E-state index in [1.165, 1.54) is 19.3 Å². The molecule has 2 fully saturated rings. The summed E-state index contributed by atoms with van der Waals surface area (Å²) in [5.41, 5.74) is 1.42. The van der Waals surface area contributed by atoms with Crippen molar-refractivity contribution in [1.29, 1.82) is 0 Å². The second-order valence-electron chi connectivity index (χ2n) is 7.01. The molecule has 0 unspecified atom stereocenters. The lowest BCUT2D eigenvalue weighted by atomic mass is 9.88. The average Bonchev–Trinajstić information content (AvgIpc) is 3.08. The van der Waals surface area contributed by atoms with E-state index in [4.69, 9.17) is 0 Å². The van der Waals surface area contributed by atoms with Crippen molar-refractivity contribution in [2.24, 2.45) is 17.8 Å². The first-order valence-corrected chi connectivity index (χ1v) is 10.1. The summed E-state index contributed by atoms with van der Waals surface area (Å²) in [5.74, 6) is 1.61. The molecule has 1 aromatic carbocycles. The van der Waals surface area contributed by atoms with Gasteiger partial charge in [0.1, 0.15) is 0 Å². The quantitative estimate of drug-likeness (QED) is 0.868. The predicted molar refractivity (Wildman–Crippen MR) is 90.4 cm³/mol. The van der Waals surface area contributed by atoms with Crippen LogP contribution in [0.1, 0.15) is 44.2 Å². The molecule has 23 heavy (non-hydrogen) atoms. The molecule has 5 nitrogen and oxygen atoms in total. The number of rotatable bonds is 5. The summed E-state index contributed by atoms with van der Waals surface area (Å²) in [7, 11) is -3.30. The molecule has 3 rings (SSSR count). The summed E-state index contributed by atoms with van der Waals surface area (Å²) < 4.78 is 25.1. The Morgan fingerprint density at radius 1 is 1.26 bits per heavy atom. The predicted octanol–water partition coefficient (Wildman–Crippen LogP) is 2.67. The van der Waals surface area contributed by atoms with Gasteiger partial charge in [0.05, 0.1) is 12.3 Å². The summed E-state index contributed by atoms with van der Waals surface area (Å²) >= 11 is 0. The maximum atomic E-state index is 12.5. The van der Waals surface area contributed by atoms with Crippen molar-refractivity contribution in [2.75, 3.05) is 11.0 Å². The molecule has 0 radical (unpaired) electrons. The number of carbonyl (C=O) groups excluding carboxylic acids is 1. The van der Waals surface area contributed by atoms with Gasteiger partial charge in [-0.15, -0.1) is 0 Å². The second kappa shape index (κ2) is 6.15. The minimum absolute atomic E-state index is 0.136. The van der Waals surface area contributed by atoms with Gasteiger partial charge in [0, 0.05) is 11.6 Å². The van der Waals surface area contributed by atoms with E-state index in [1.807, 2.05) is 13.0 Å². The number of hydrogen-bond acceptors (Lipinski definition) is 3. The first-order valence-electron chi connectivity index (χ1n) is 8.20. The molecular formula is C17H24N2O3S. The Balaban J connectivity index is 1.65. The van der Waals surface area contributed by atoms with Crippen LogP contribution in [0.5, 0.6) is 0 Å². The van der Waals surface area contributed by atoms with Gasteiger partial charge in [-0.3, -0.25) is 9.52 Å². The van der Waals surface area contributed by atoms with Crippen molar-refractivity contribution in [3.05, 3.63) is 29.8 Å². The normalized spacial score (nSPS) is 27.7. The molecule has 2 saturated carbocycles. The van der Waals surface area contributed by atoms with Crippen molar-refractivity contribution < 1.29 is 13.2 Å². The fraction of sp³-hybridized carbons (Fsp3) is 0.588. The van der Waals surface area contributed by atoms with E-state index in [1.54, 1.807) is 18.2 Å². The zero-order valence-electron chi connectivity index (χ0n) is 13.6. The fourth-order valence-electron chi connectivity index (χ4n) is 4.06. The molecule has 0 heterocycles. The Kier molecular flexibility index (Phi) is 4.36. The number of sulfonamides is 1. The summed E-state index contributed by atoms with van der Waals surface area (Å²) in [6.07, 6.45) is 5.83. The molecule has 126 valence electrons. The number of carbonyl (C=O) groups is 1. The van der Waals surface area contributed by atoms with Crippen LogP contribution >= 0.6 is 0 Å². The average molecular weight is 336 g/mol. The van der Waals surface area contributed by atoms with Crippen LogP contribution in [0.4, 0.5) is 5.69 Å². The topological polar surface area (TPSA) is 75.3 Å². The van der Waals surface area contributed by atoms with Crippen LogP contribution in [-0.2, 0) is 14.8 Å². The molecule has 2 aliphatic carbocycles. The number of amides is 1. The molecule has 0 aromatic heterocycles. The number of anilines is 1. The lowest BCUT2D eigenvalue weighted by Gasteiger charge is -2.23. The van der Waals surface area contributed by atoms with Crippen molar-refractivity contribution in [3.63, 3.8) is 0 Å². The Hall–Kier alpha value is -1.56. The molecule has 0 saturated heterocycles. The molecule has 1 aromatic rings. The van der Waals surface area contributed by atoms with Crippen LogP contribution in [0.15, 0.2) is 24.3 Å². The zero-order valence-corrected chi connectivity index (χ0v) is 14.4. The van der Waals surface area contributed by atoms with Crippen LogP contribution in [0, 0.1) is 17.8 Å². The molecule has 2 aliphatic rings. The van der Waals surface area contributed by atoms with Crippen LogP contribution < -0.4 is 10.0 Å². The molecule has 0 spiro atoms. The molecule has 2 N–H and O–H groups in total. The standard InChI is InChI=1S/C17H24N2O3S/c1-11(13-4-3-5-15(10-13)19-23(2,21)22)18-17(20)16-9-12-6-7-14(16)8-12/h3-5,10-12,14,16,19H,6-9H2,1-2H3,(H,18,20)/t11-,12+,14+,16-/m1/s1. The zero-order chi connectivity index (χ0) is 16.6. The van der Waals surface area contributed by atoms with Gasteiger partial charge in [0.25, 0.3) is 0 Å². The third kappa shape index (κ3) is 3.86. The molecule has 6 heteroatoms. The van der Waals surface area contributed by atoms with Crippen LogP contribution in [0.25, 0.3) is 0 Å². The van der Waals surface area contributed by atoms with E-state index in [0.717, 1.165) is 24.2 Å². The second-order valence-corrected chi connectivity index (χ2v) is 8.76. The minimum Gasteiger partial charge on any atom is -0.349 e. The van der Waals surface area contributed by atoms with Gasteiger partial charge in [-0.05, 0) is 55.7 Å². The van der Waals surface area contributed by atoms with E-state index in [0.29, 0.717) is 11.6 Å². The molecule has 4 atom stereocenters.